The van der Waals surface area contributed by atoms with E-state index in [1.165, 1.54) is 0 Å². The van der Waals surface area contributed by atoms with E-state index in [-0.39, 0.29) is 6.54 Å². The number of carboxylic acid groups (broad SMARTS) is 1. The fourth-order valence-corrected chi connectivity index (χ4v) is 1.34. The summed E-state index contributed by atoms with van der Waals surface area (Å²) in [6.07, 6.45) is -1.30. The molecule has 0 aliphatic heterocycles. The van der Waals surface area contributed by atoms with Crippen molar-refractivity contribution in [3.8, 4) is 0 Å². The number of aliphatic hydroxyl groups is 3. The van der Waals surface area contributed by atoms with Crippen LogP contribution in [0.25, 0.3) is 0 Å². The molecule has 7 nitrogen and oxygen atoms in total. The average Bonchev–Trinajstić information content (AvgIpc) is 2.14. The summed E-state index contributed by atoms with van der Waals surface area (Å²) in [7, 11) is 0. The molecule has 6 N–H and O–H groups in total. The number of rotatable bonds is 7. The Labute approximate surface area is 108 Å². The van der Waals surface area contributed by atoms with Gasteiger partial charge in [-0.25, -0.2) is 0 Å². The Morgan fingerprint density at radius 1 is 1.00 bits per heavy atom. The van der Waals surface area contributed by atoms with Crippen LogP contribution in [0.3, 0.4) is 0 Å². The second kappa shape index (κ2) is 11.4. The van der Waals surface area contributed by atoms with Gasteiger partial charge in [0, 0.05) is 19.6 Å². The molecule has 0 heterocycles. The van der Waals surface area contributed by atoms with E-state index in [2.05, 4.69) is 5.73 Å². The van der Waals surface area contributed by atoms with Crippen molar-refractivity contribution in [3.63, 3.8) is 0 Å². The summed E-state index contributed by atoms with van der Waals surface area (Å²) >= 11 is 0. The van der Waals surface area contributed by atoms with E-state index in [4.69, 9.17) is 20.4 Å². The summed E-state index contributed by atoms with van der Waals surface area (Å²) in [5, 5.41) is 35.0. The van der Waals surface area contributed by atoms with Crippen LogP contribution in [0.2, 0.25) is 0 Å². The molecular formula is C11H26N2O5. The molecule has 0 aromatic heterocycles. The minimum atomic E-state index is -0.968. The molecule has 0 aromatic carbocycles. The van der Waals surface area contributed by atoms with Gasteiger partial charge >= 0.3 is 5.97 Å². The Balaban J connectivity index is 0. The molecule has 0 spiro atoms. The van der Waals surface area contributed by atoms with Crippen molar-refractivity contribution in [1.29, 1.82) is 0 Å². The van der Waals surface area contributed by atoms with Gasteiger partial charge in [0.2, 0.25) is 0 Å². The van der Waals surface area contributed by atoms with Crippen molar-refractivity contribution in [2.75, 3.05) is 26.2 Å². The van der Waals surface area contributed by atoms with E-state index in [0.717, 1.165) is 0 Å². The number of aliphatic hydroxyl groups excluding tert-OH is 3. The maximum absolute atomic E-state index is 9.24. The van der Waals surface area contributed by atoms with Crippen LogP contribution in [0, 0.1) is 0 Å². The van der Waals surface area contributed by atoms with Crippen molar-refractivity contribution in [2.24, 2.45) is 5.73 Å². The lowest BCUT2D eigenvalue weighted by molar-refractivity contribution is -0.135. The maximum Gasteiger partial charge on any atom is 0.317 e. The SMILES string of the molecule is CC(O)CN(CC(C)O)CC(C)O.NCC(=O)O. The predicted octanol–water partition coefficient (Wildman–Crippen LogP) is -1.54. The molecule has 0 saturated carbocycles. The van der Waals surface area contributed by atoms with E-state index in [1.807, 2.05) is 4.90 Å². The molecule has 0 aliphatic carbocycles. The fourth-order valence-electron chi connectivity index (χ4n) is 1.34. The highest BCUT2D eigenvalue weighted by Gasteiger charge is 2.12. The zero-order valence-electron chi connectivity index (χ0n) is 11.3. The van der Waals surface area contributed by atoms with Crippen LogP contribution >= 0.6 is 0 Å². The second-order valence-electron chi connectivity index (χ2n) is 4.36. The van der Waals surface area contributed by atoms with Gasteiger partial charge in [-0.05, 0) is 20.8 Å². The summed E-state index contributed by atoms with van der Waals surface area (Å²) in [4.78, 5) is 11.1. The van der Waals surface area contributed by atoms with Crippen molar-refractivity contribution in [2.45, 2.75) is 39.1 Å². The molecule has 0 aliphatic rings. The smallest absolute Gasteiger partial charge is 0.317 e. The van der Waals surface area contributed by atoms with Gasteiger partial charge < -0.3 is 26.2 Å². The number of hydrogen-bond donors (Lipinski definition) is 5. The number of carbonyl (C=O) groups is 1. The first-order valence-corrected chi connectivity index (χ1v) is 5.87. The molecule has 0 saturated heterocycles. The summed E-state index contributed by atoms with van der Waals surface area (Å²) in [6.45, 7) is 6.24. The third-order valence-corrected chi connectivity index (χ3v) is 1.74. The monoisotopic (exact) mass is 266 g/mol. The van der Waals surface area contributed by atoms with Crippen LogP contribution in [0.1, 0.15) is 20.8 Å². The molecule has 0 radical (unpaired) electrons. The molecule has 18 heavy (non-hydrogen) atoms. The van der Waals surface area contributed by atoms with Gasteiger partial charge in [-0.15, -0.1) is 0 Å². The first-order chi connectivity index (χ1) is 8.18. The predicted molar refractivity (Wildman–Crippen MR) is 68.2 cm³/mol. The second-order valence-corrected chi connectivity index (χ2v) is 4.36. The van der Waals surface area contributed by atoms with Gasteiger partial charge in [0.25, 0.3) is 0 Å². The van der Waals surface area contributed by atoms with Crippen LogP contribution in [0.5, 0.6) is 0 Å². The van der Waals surface area contributed by atoms with Gasteiger partial charge in [-0.2, -0.15) is 0 Å². The molecule has 0 bridgehead atoms. The Kier molecular flexibility index (Phi) is 12.4. The Morgan fingerprint density at radius 3 is 1.33 bits per heavy atom. The highest BCUT2D eigenvalue weighted by Crippen LogP contribution is 1.97. The van der Waals surface area contributed by atoms with E-state index in [0.29, 0.717) is 19.6 Å². The molecule has 0 aromatic rings. The van der Waals surface area contributed by atoms with Crippen molar-refractivity contribution < 1.29 is 25.2 Å². The lowest BCUT2D eigenvalue weighted by Gasteiger charge is -2.25. The molecule has 110 valence electrons. The van der Waals surface area contributed by atoms with Crippen LogP contribution in [0.15, 0.2) is 0 Å². The van der Waals surface area contributed by atoms with Gasteiger partial charge in [0.1, 0.15) is 0 Å². The van der Waals surface area contributed by atoms with E-state index in [9.17, 15) is 4.79 Å². The van der Waals surface area contributed by atoms with Gasteiger partial charge in [-0.1, -0.05) is 0 Å². The number of hydrogen-bond acceptors (Lipinski definition) is 6. The highest BCUT2D eigenvalue weighted by atomic mass is 16.4. The van der Waals surface area contributed by atoms with Crippen LogP contribution in [-0.4, -0.2) is 75.8 Å². The van der Waals surface area contributed by atoms with Gasteiger partial charge in [0.15, 0.2) is 0 Å². The molecular weight excluding hydrogens is 240 g/mol. The fraction of sp³-hybridized carbons (Fsp3) is 0.909. The zero-order chi connectivity index (χ0) is 14.7. The van der Waals surface area contributed by atoms with Crippen molar-refractivity contribution in [1.82, 2.24) is 4.90 Å². The first-order valence-electron chi connectivity index (χ1n) is 5.87. The molecule has 0 amide bonds. The number of carboxylic acids is 1. The van der Waals surface area contributed by atoms with E-state index in [1.54, 1.807) is 20.8 Å². The van der Waals surface area contributed by atoms with E-state index < -0.39 is 24.3 Å². The normalized spacial score (nSPS) is 15.6. The first kappa shape index (κ1) is 19.6. The lowest BCUT2D eigenvalue weighted by atomic mass is 10.2. The summed E-state index contributed by atoms with van der Waals surface area (Å²) < 4.78 is 0. The van der Waals surface area contributed by atoms with Crippen LogP contribution < -0.4 is 5.73 Å². The van der Waals surface area contributed by atoms with Crippen molar-refractivity contribution in [3.05, 3.63) is 0 Å². The number of aliphatic carboxylic acids is 1. The summed E-state index contributed by atoms with van der Waals surface area (Å²) in [6, 6.07) is 0. The molecule has 7 heteroatoms. The molecule has 3 atom stereocenters. The number of nitrogens with zero attached hydrogens (tertiary/aromatic N) is 1. The Hall–Kier alpha value is -0.730. The highest BCUT2D eigenvalue weighted by molar-refractivity contribution is 5.68. The van der Waals surface area contributed by atoms with Crippen LogP contribution in [-0.2, 0) is 4.79 Å². The van der Waals surface area contributed by atoms with Crippen molar-refractivity contribution >= 4 is 5.97 Å². The lowest BCUT2D eigenvalue weighted by Crippen LogP contribution is -2.40. The minimum absolute atomic E-state index is 0.278. The zero-order valence-corrected chi connectivity index (χ0v) is 11.3. The van der Waals surface area contributed by atoms with E-state index >= 15 is 0 Å². The molecule has 0 rings (SSSR count). The third kappa shape index (κ3) is 17.7. The Bertz CT molecular complexity index is 186. The molecule has 0 fully saturated rings. The Morgan fingerprint density at radius 2 is 1.22 bits per heavy atom. The standard InChI is InChI=1S/C9H21NO3.C2H5NO2/c1-7(11)4-10(5-8(2)12)6-9(3)13;3-1-2(4)5/h7-9,11-13H,4-6H2,1-3H3;1,3H2,(H,4,5). The summed E-state index contributed by atoms with van der Waals surface area (Å²) in [5.41, 5.74) is 4.57. The topological polar surface area (TPSA) is 127 Å². The van der Waals surface area contributed by atoms with Crippen LogP contribution in [0.4, 0.5) is 0 Å². The number of nitrogens with two attached hydrogens (primary N) is 1. The maximum atomic E-state index is 9.24. The largest absolute Gasteiger partial charge is 0.480 e. The average molecular weight is 266 g/mol. The summed E-state index contributed by atoms with van der Waals surface area (Å²) in [5.74, 6) is -0.968. The minimum Gasteiger partial charge on any atom is -0.480 e. The molecule has 3 unspecified atom stereocenters. The van der Waals surface area contributed by atoms with Gasteiger partial charge in [-0.3, -0.25) is 9.69 Å². The van der Waals surface area contributed by atoms with Gasteiger partial charge in [0.05, 0.1) is 24.9 Å². The quantitative estimate of drug-likeness (QED) is 0.378. The third-order valence-electron chi connectivity index (χ3n) is 1.74.